The van der Waals surface area contributed by atoms with Crippen LogP contribution < -0.4 is 0 Å². The van der Waals surface area contributed by atoms with Crippen molar-refractivity contribution >= 4 is 23.2 Å². The highest BCUT2D eigenvalue weighted by Gasteiger charge is 2.37. The summed E-state index contributed by atoms with van der Waals surface area (Å²) in [5, 5.41) is 28.8. The molecule has 0 amide bonds. The standard InChI is InChI=1S/C12H13Cl2N3O2/c1-8(18)12(19,7-17-5-4-15-16-17)10-3-2-9(13)6-11(10)14/h2-6,8,18-19H,7H2,1H3. The van der Waals surface area contributed by atoms with E-state index in [2.05, 4.69) is 10.3 Å². The first-order valence-electron chi connectivity index (χ1n) is 5.63. The summed E-state index contributed by atoms with van der Waals surface area (Å²) in [4.78, 5) is 0. The Morgan fingerprint density at radius 3 is 2.68 bits per heavy atom. The molecule has 0 fully saturated rings. The van der Waals surface area contributed by atoms with Gasteiger partial charge in [0.15, 0.2) is 0 Å². The SMILES string of the molecule is CC(O)C(O)(Cn1ccnn1)c1ccc(Cl)cc1Cl. The minimum atomic E-state index is -1.57. The van der Waals surface area contributed by atoms with Gasteiger partial charge in [-0.25, -0.2) is 4.68 Å². The molecule has 2 N–H and O–H groups in total. The number of nitrogens with zero attached hydrogens (tertiary/aromatic N) is 3. The third-order valence-electron chi connectivity index (χ3n) is 2.96. The monoisotopic (exact) mass is 301 g/mol. The van der Waals surface area contributed by atoms with Gasteiger partial charge in [-0.2, -0.15) is 0 Å². The minimum Gasteiger partial charge on any atom is -0.390 e. The highest BCUT2D eigenvalue weighted by Crippen LogP contribution is 2.34. The van der Waals surface area contributed by atoms with Crippen molar-refractivity contribution in [3.63, 3.8) is 0 Å². The fourth-order valence-electron chi connectivity index (χ4n) is 1.85. The van der Waals surface area contributed by atoms with Crippen molar-refractivity contribution in [2.75, 3.05) is 0 Å². The van der Waals surface area contributed by atoms with Gasteiger partial charge in [0.25, 0.3) is 0 Å². The Morgan fingerprint density at radius 2 is 2.16 bits per heavy atom. The lowest BCUT2D eigenvalue weighted by Crippen LogP contribution is -2.42. The van der Waals surface area contributed by atoms with Crippen LogP contribution in [0.3, 0.4) is 0 Å². The Kier molecular flexibility index (Phi) is 4.10. The van der Waals surface area contributed by atoms with Crippen LogP contribution in [0.5, 0.6) is 0 Å². The van der Waals surface area contributed by atoms with Crippen LogP contribution in [0.15, 0.2) is 30.6 Å². The molecule has 5 nitrogen and oxygen atoms in total. The quantitative estimate of drug-likeness (QED) is 0.904. The molecule has 19 heavy (non-hydrogen) atoms. The molecule has 7 heteroatoms. The lowest BCUT2D eigenvalue weighted by Gasteiger charge is -2.32. The average Bonchev–Trinajstić information content (AvgIpc) is 2.81. The van der Waals surface area contributed by atoms with E-state index in [-0.39, 0.29) is 11.6 Å². The first-order valence-corrected chi connectivity index (χ1v) is 6.39. The van der Waals surface area contributed by atoms with Crippen LogP contribution in [-0.2, 0) is 12.1 Å². The van der Waals surface area contributed by atoms with Crippen LogP contribution in [0, 0.1) is 0 Å². The van der Waals surface area contributed by atoms with Crippen LogP contribution in [0.2, 0.25) is 10.0 Å². The molecule has 1 aromatic carbocycles. The van der Waals surface area contributed by atoms with Crippen molar-refractivity contribution < 1.29 is 10.2 Å². The Hall–Kier alpha value is -1.14. The molecule has 2 rings (SSSR count). The summed E-state index contributed by atoms with van der Waals surface area (Å²) in [6, 6.07) is 4.72. The summed E-state index contributed by atoms with van der Waals surface area (Å²) in [7, 11) is 0. The van der Waals surface area contributed by atoms with Crippen molar-refractivity contribution in [3.05, 3.63) is 46.2 Å². The van der Waals surface area contributed by atoms with Gasteiger partial charge < -0.3 is 10.2 Å². The zero-order valence-electron chi connectivity index (χ0n) is 10.2. The minimum absolute atomic E-state index is 0.0337. The maximum atomic E-state index is 10.7. The summed E-state index contributed by atoms with van der Waals surface area (Å²) >= 11 is 11.9. The summed E-state index contributed by atoms with van der Waals surface area (Å²) in [6.07, 6.45) is 2.04. The summed E-state index contributed by atoms with van der Waals surface area (Å²) < 4.78 is 1.43. The van der Waals surface area contributed by atoms with E-state index in [1.54, 1.807) is 18.3 Å². The van der Waals surface area contributed by atoms with Gasteiger partial charge in [0.05, 0.1) is 18.8 Å². The van der Waals surface area contributed by atoms with E-state index in [9.17, 15) is 10.2 Å². The zero-order chi connectivity index (χ0) is 14.0. The fourth-order valence-corrected chi connectivity index (χ4v) is 2.42. The van der Waals surface area contributed by atoms with Gasteiger partial charge in [-0.3, -0.25) is 0 Å². The molecule has 2 aromatic rings. The number of hydrogen-bond acceptors (Lipinski definition) is 4. The van der Waals surface area contributed by atoms with Crippen LogP contribution in [-0.4, -0.2) is 31.3 Å². The van der Waals surface area contributed by atoms with Crippen molar-refractivity contribution in [3.8, 4) is 0 Å². The number of aliphatic hydroxyl groups excluding tert-OH is 1. The van der Waals surface area contributed by atoms with Gasteiger partial charge in [-0.15, -0.1) is 5.10 Å². The molecule has 0 saturated carbocycles. The molecule has 0 bridgehead atoms. The molecule has 2 atom stereocenters. The van der Waals surface area contributed by atoms with E-state index in [0.29, 0.717) is 10.6 Å². The van der Waals surface area contributed by atoms with Crippen molar-refractivity contribution in [1.29, 1.82) is 0 Å². The average molecular weight is 302 g/mol. The highest BCUT2D eigenvalue weighted by molar-refractivity contribution is 6.35. The first kappa shape index (κ1) is 14.3. The molecule has 2 unspecified atom stereocenters. The predicted molar refractivity (Wildman–Crippen MR) is 72.1 cm³/mol. The van der Waals surface area contributed by atoms with E-state index in [1.165, 1.54) is 23.9 Å². The second-order valence-electron chi connectivity index (χ2n) is 4.33. The number of aliphatic hydroxyl groups is 2. The number of hydrogen-bond donors (Lipinski definition) is 2. The normalized spacial score (nSPS) is 16.1. The Morgan fingerprint density at radius 1 is 1.42 bits per heavy atom. The van der Waals surface area contributed by atoms with E-state index in [0.717, 1.165) is 0 Å². The van der Waals surface area contributed by atoms with Crippen LogP contribution in [0.25, 0.3) is 0 Å². The van der Waals surface area contributed by atoms with Gasteiger partial charge in [-0.05, 0) is 19.1 Å². The second kappa shape index (κ2) is 5.46. The number of benzene rings is 1. The van der Waals surface area contributed by atoms with E-state index in [1.807, 2.05) is 0 Å². The van der Waals surface area contributed by atoms with Crippen molar-refractivity contribution in [2.45, 2.75) is 25.2 Å². The first-order chi connectivity index (χ1) is 8.93. The molecule has 0 aliphatic rings. The summed E-state index contributed by atoms with van der Waals surface area (Å²) in [5.41, 5.74) is -1.18. The fraction of sp³-hybridized carbons (Fsp3) is 0.333. The maximum Gasteiger partial charge on any atom is 0.136 e. The Balaban J connectivity index is 2.43. The second-order valence-corrected chi connectivity index (χ2v) is 5.17. The molecule has 0 spiro atoms. The largest absolute Gasteiger partial charge is 0.390 e. The third-order valence-corrected chi connectivity index (χ3v) is 3.51. The van der Waals surface area contributed by atoms with Crippen LogP contribution >= 0.6 is 23.2 Å². The molecule has 0 radical (unpaired) electrons. The molecule has 0 aliphatic heterocycles. The predicted octanol–water partition coefficient (Wildman–Crippen LogP) is 1.85. The van der Waals surface area contributed by atoms with Gasteiger partial charge in [0.1, 0.15) is 5.60 Å². The van der Waals surface area contributed by atoms with E-state index in [4.69, 9.17) is 23.2 Å². The Bertz CT molecular complexity index is 560. The highest BCUT2D eigenvalue weighted by atomic mass is 35.5. The van der Waals surface area contributed by atoms with Gasteiger partial charge in [-0.1, -0.05) is 34.5 Å². The maximum absolute atomic E-state index is 10.7. The lowest BCUT2D eigenvalue weighted by molar-refractivity contribution is -0.0853. The van der Waals surface area contributed by atoms with Crippen LogP contribution in [0.1, 0.15) is 12.5 Å². The van der Waals surface area contributed by atoms with Crippen molar-refractivity contribution in [1.82, 2.24) is 15.0 Å². The smallest absolute Gasteiger partial charge is 0.136 e. The van der Waals surface area contributed by atoms with Crippen molar-refractivity contribution in [2.24, 2.45) is 0 Å². The third kappa shape index (κ3) is 2.90. The molecule has 1 heterocycles. The lowest BCUT2D eigenvalue weighted by atomic mass is 9.88. The van der Waals surface area contributed by atoms with Crippen LogP contribution in [0.4, 0.5) is 0 Å². The van der Waals surface area contributed by atoms with E-state index < -0.39 is 11.7 Å². The number of aromatic nitrogens is 3. The molecule has 0 saturated heterocycles. The summed E-state index contributed by atoms with van der Waals surface area (Å²) in [5.74, 6) is 0. The molecular formula is C12H13Cl2N3O2. The Labute approximate surface area is 120 Å². The topological polar surface area (TPSA) is 71.2 Å². The van der Waals surface area contributed by atoms with Gasteiger partial charge in [0, 0.05) is 21.8 Å². The molecule has 0 aliphatic carbocycles. The van der Waals surface area contributed by atoms with Gasteiger partial charge in [0.2, 0.25) is 0 Å². The molecule has 102 valence electrons. The van der Waals surface area contributed by atoms with E-state index >= 15 is 0 Å². The molecule has 1 aromatic heterocycles. The zero-order valence-corrected chi connectivity index (χ0v) is 11.7. The summed E-state index contributed by atoms with van der Waals surface area (Å²) in [6.45, 7) is 1.52. The number of rotatable bonds is 4. The number of halogens is 2. The van der Waals surface area contributed by atoms with Gasteiger partial charge >= 0.3 is 0 Å². The molecular weight excluding hydrogens is 289 g/mol.